The van der Waals surface area contributed by atoms with E-state index < -0.39 is 5.97 Å². The summed E-state index contributed by atoms with van der Waals surface area (Å²) < 4.78 is 0. The fourth-order valence-electron chi connectivity index (χ4n) is 4.57. The SMILES string of the molecule is O=C(O)c1ccccc1CC1CCN(C(=O)CCC2CCCCC2)CC1. The first-order valence-corrected chi connectivity index (χ1v) is 10.2. The number of hydrogen-bond donors (Lipinski definition) is 1. The van der Waals surface area contributed by atoms with Crippen molar-refractivity contribution in [3.05, 3.63) is 35.4 Å². The number of carboxylic acid groups (broad SMARTS) is 1. The molecule has 0 atom stereocenters. The van der Waals surface area contributed by atoms with Gasteiger partial charge in [0.1, 0.15) is 0 Å². The molecule has 0 aromatic heterocycles. The van der Waals surface area contributed by atoms with Gasteiger partial charge >= 0.3 is 5.97 Å². The van der Waals surface area contributed by atoms with E-state index in [0.717, 1.165) is 50.3 Å². The summed E-state index contributed by atoms with van der Waals surface area (Å²) in [5, 5.41) is 9.32. The monoisotopic (exact) mass is 357 g/mol. The van der Waals surface area contributed by atoms with Crippen molar-refractivity contribution in [2.24, 2.45) is 11.8 Å². The summed E-state index contributed by atoms with van der Waals surface area (Å²) in [7, 11) is 0. The Morgan fingerprint density at radius 2 is 1.65 bits per heavy atom. The standard InChI is InChI=1S/C22H31NO3/c24-21(11-10-17-6-2-1-3-7-17)23-14-12-18(13-15-23)16-19-8-4-5-9-20(19)22(25)26/h4-5,8-9,17-18H,1-3,6-7,10-16H2,(H,25,26). The molecule has 0 bridgehead atoms. The van der Waals surface area contributed by atoms with Crippen LogP contribution < -0.4 is 0 Å². The first-order chi connectivity index (χ1) is 12.6. The number of carbonyl (C=O) groups is 2. The topological polar surface area (TPSA) is 57.6 Å². The zero-order chi connectivity index (χ0) is 18.4. The minimum atomic E-state index is -0.851. The lowest BCUT2D eigenvalue weighted by molar-refractivity contribution is -0.132. The van der Waals surface area contributed by atoms with E-state index >= 15 is 0 Å². The quantitative estimate of drug-likeness (QED) is 0.814. The van der Waals surface area contributed by atoms with Crippen LogP contribution in [0.1, 0.15) is 73.7 Å². The van der Waals surface area contributed by atoms with Gasteiger partial charge in [-0.1, -0.05) is 50.3 Å². The summed E-state index contributed by atoms with van der Waals surface area (Å²) in [6.07, 6.45) is 11.2. The molecule has 3 rings (SSSR count). The van der Waals surface area contributed by atoms with E-state index in [1.54, 1.807) is 12.1 Å². The Morgan fingerprint density at radius 3 is 2.35 bits per heavy atom. The minimum Gasteiger partial charge on any atom is -0.478 e. The lowest BCUT2D eigenvalue weighted by atomic mass is 9.85. The van der Waals surface area contributed by atoms with Crippen LogP contribution in [-0.4, -0.2) is 35.0 Å². The zero-order valence-electron chi connectivity index (χ0n) is 15.7. The molecule has 1 saturated carbocycles. The third-order valence-electron chi connectivity index (χ3n) is 6.21. The Balaban J connectivity index is 1.44. The number of rotatable bonds is 6. The summed E-state index contributed by atoms with van der Waals surface area (Å²) in [5.74, 6) is 0.700. The highest BCUT2D eigenvalue weighted by atomic mass is 16.4. The molecule has 0 spiro atoms. The van der Waals surface area contributed by atoms with Crippen LogP contribution in [0.3, 0.4) is 0 Å². The normalized spacial score (nSPS) is 19.5. The Hall–Kier alpha value is -1.84. The van der Waals surface area contributed by atoms with Gasteiger partial charge in [0.25, 0.3) is 0 Å². The van der Waals surface area contributed by atoms with E-state index in [2.05, 4.69) is 0 Å². The molecular weight excluding hydrogens is 326 g/mol. The molecule has 142 valence electrons. The van der Waals surface area contributed by atoms with Crippen LogP contribution in [-0.2, 0) is 11.2 Å². The molecule has 1 N–H and O–H groups in total. The molecule has 26 heavy (non-hydrogen) atoms. The summed E-state index contributed by atoms with van der Waals surface area (Å²) in [6, 6.07) is 7.29. The van der Waals surface area contributed by atoms with Crippen LogP contribution in [0.5, 0.6) is 0 Å². The number of hydrogen-bond acceptors (Lipinski definition) is 2. The van der Waals surface area contributed by atoms with Crippen molar-refractivity contribution < 1.29 is 14.7 Å². The van der Waals surface area contributed by atoms with Crippen molar-refractivity contribution in [3.8, 4) is 0 Å². The minimum absolute atomic E-state index is 0.319. The van der Waals surface area contributed by atoms with Crippen molar-refractivity contribution in [1.29, 1.82) is 0 Å². The predicted molar refractivity (Wildman–Crippen MR) is 102 cm³/mol. The van der Waals surface area contributed by atoms with Crippen LogP contribution in [0.25, 0.3) is 0 Å². The fourth-order valence-corrected chi connectivity index (χ4v) is 4.57. The van der Waals surface area contributed by atoms with Crippen molar-refractivity contribution in [1.82, 2.24) is 4.90 Å². The molecular formula is C22H31NO3. The first kappa shape index (κ1) is 18.9. The molecule has 4 nitrogen and oxygen atoms in total. The van der Waals surface area contributed by atoms with Gasteiger partial charge in [0, 0.05) is 19.5 Å². The maximum absolute atomic E-state index is 12.5. The molecule has 4 heteroatoms. The molecule has 0 radical (unpaired) electrons. The van der Waals surface area contributed by atoms with Gasteiger partial charge in [0.15, 0.2) is 0 Å². The number of carboxylic acids is 1. The highest BCUT2D eigenvalue weighted by Crippen LogP contribution is 2.28. The lowest BCUT2D eigenvalue weighted by Crippen LogP contribution is -2.39. The smallest absolute Gasteiger partial charge is 0.335 e. The highest BCUT2D eigenvalue weighted by molar-refractivity contribution is 5.89. The van der Waals surface area contributed by atoms with E-state index in [0.29, 0.717) is 23.8 Å². The number of amides is 1. The Labute approximate surface area is 156 Å². The van der Waals surface area contributed by atoms with E-state index in [9.17, 15) is 14.7 Å². The molecule has 1 saturated heterocycles. The molecule has 1 aromatic carbocycles. The van der Waals surface area contributed by atoms with Gasteiger partial charge in [0.2, 0.25) is 5.91 Å². The molecule has 1 aromatic rings. The number of likely N-dealkylation sites (tertiary alicyclic amines) is 1. The van der Waals surface area contributed by atoms with E-state index in [-0.39, 0.29) is 0 Å². The molecule has 2 aliphatic rings. The zero-order valence-corrected chi connectivity index (χ0v) is 15.7. The van der Waals surface area contributed by atoms with Crippen molar-refractivity contribution in [2.75, 3.05) is 13.1 Å². The van der Waals surface area contributed by atoms with Crippen LogP contribution in [0, 0.1) is 11.8 Å². The van der Waals surface area contributed by atoms with Gasteiger partial charge in [-0.2, -0.15) is 0 Å². The van der Waals surface area contributed by atoms with Crippen molar-refractivity contribution in [2.45, 2.75) is 64.2 Å². The summed E-state index contributed by atoms with van der Waals surface area (Å²) in [5.41, 5.74) is 1.33. The van der Waals surface area contributed by atoms with Gasteiger partial charge in [-0.3, -0.25) is 4.79 Å². The van der Waals surface area contributed by atoms with Gasteiger partial charge < -0.3 is 10.0 Å². The van der Waals surface area contributed by atoms with Gasteiger partial charge in [-0.25, -0.2) is 4.79 Å². The fraction of sp³-hybridized carbons (Fsp3) is 0.636. The maximum atomic E-state index is 12.5. The third kappa shape index (κ3) is 5.09. The molecule has 1 aliphatic carbocycles. The van der Waals surface area contributed by atoms with Crippen LogP contribution >= 0.6 is 0 Å². The van der Waals surface area contributed by atoms with E-state index in [1.165, 1.54) is 32.1 Å². The van der Waals surface area contributed by atoms with E-state index in [4.69, 9.17) is 0 Å². The molecule has 2 fully saturated rings. The molecule has 0 unspecified atom stereocenters. The second-order valence-corrected chi connectivity index (χ2v) is 8.03. The average Bonchev–Trinajstić information content (AvgIpc) is 2.68. The number of aromatic carboxylic acids is 1. The summed E-state index contributed by atoms with van der Waals surface area (Å²) in [6.45, 7) is 1.65. The Bertz CT molecular complexity index is 614. The highest BCUT2D eigenvalue weighted by Gasteiger charge is 2.25. The Morgan fingerprint density at radius 1 is 0.962 bits per heavy atom. The van der Waals surface area contributed by atoms with Crippen LogP contribution in [0.15, 0.2) is 24.3 Å². The average molecular weight is 357 g/mol. The number of carbonyl (C=O) groups excluding carboxylic acids is 1. The second-order valence-electron chi connectivity index (χ2n) is 8.03. The molecule has 1 heterocycles. The van der Waals surface area contributed by atoms with Crippen molar-refractivity contribution >= 4 is 11.9 Å². The third-order valence-corrected chi connectivity index (χ3v) is 6.21. The maximum Gasteiger partial charge on any atom is 0.335 e. The van der Waals surface area contributed by atoms with Crippen LogP contribution in [0.4, 0.5) is 0 Å². The van der Waals surface area contributed by atoms with Gasteiger partial charge in [-0.05, 0) is 49.1 Å². The molecule has 1 aliphatic heterocycles. The lowest BCUT2D eigenvalue weighted by Gasteiger charge is -2.33. The van der Waals surface area contributed by atoms with Gasteiger partial charge in [-0.15, -0.1) is 0 Å². The number of benzene rings is 1. The molecule has 1 amide bonds. The summed E-state index contributed by atoms with van der Waals surface area (Å²) >= 11 is 0. The Kier molecular flexibility index (Phi) is 6.70. The summed E-state index contributed by atoms with van der Waals surface area (Å²) in [4.78, 5) is 25.9. The van der Waals surface area contributed by atoms with Gasteiger partial charge in [0.05, 0.1) is 5.56 Å². The predicted octanol–water partition coefficient (Wildman–Crippen LogP) is 4.53. The largest absolute Gasteiger partial charge is 0.478 e. The number of nitrogens with zero attached hydrogens (tertiary/aromatic N) is 1. The van der Waals surface area contributed by atoms with Crippen LogP contribution in [0.2, 0.25) is 0 Å². The van der Waals surface area contributed by atoms with E-state index in [1.807, 2.05) is 17.0 Å². The second kappa shape index (κ2) is 9.20. The first-order valence-electron chi connectivity index (χ1n) is 10.2. The number of piperidine rings is 1. The van der Waals surface area contributed by atoms with Crippen molar-refractivity contribution in [3.63, 3.8) is 0 Å².